The van der Waals surface area contributed by atoms with E-state index in [0.717, 1.165) is 49.8 Å². The Balaban J connectivity index is 1.90. The molecule has 0 aromatic heterocycles. The number of aliphatic hydroxyl groups excluding tert-OH is 1. The molecule has 1 aliphatic carbocycles. The molecule has 0 aliphatic heterocycles. The molecule has 1 aromatic carbocycles. The van der Waals surface area contributed by atoms with Crippen LogP contribution in [0.4, 0.5) is 0 Å². The van der Waals surface area contributed by atoms with Gasteiger partial charge in [-0.2, -0.15) is 0 Å². The van der Waals surface area contributed by atoms with E-state index in [0.29, 0.717) is 17.9 Å². The molecular formula is C19H30ClN3O. The van der Waals surface area contributed by atoms with Crippen LogP contribution in [-0.2, 0) is 0 Å². The Morgan fingerprint density at radius 1 is 1.38 bits per heavy atom. The summed E-state index contributed by atoms with van der Waals surface area (Å²) >= 11 is 6.09. The van der Waals surface area contributed by atoms with E-state index in [4.69, 9.17) is 16.6 Å². The summed E-state index contributed by atoms with van der Waals surface area (Å²) in [6.07, 6.45) is 4.17. The second-order valence-electron chi connectivity index (χ2n) is 6.53. The van der Waals surface area contributed by atoms with Crippen molar-refractivity contribution in [1.29, 1.82) is 0 Å². The predicted molar refractivity (Wildman–Crippen MR) is 102 cm³/mol. The van der Waals surface area contributed by atoms with Crippen LogP contribution in [0, 0.1) is 5.92 Å². The summed E-state index contributed by atoms with van der Waals surface area (Å²) in [6, 6.07) is 8.54. The number of aliphatic imine (C=N–C) groups is 1. The molecule has 2 rings (SSSR count). The van der Waals surface area contributed by atoms with Crippen LogP contribution in [0.15, 0.2) is 29.3 Å². The number of nitrogens with one attached hydrogen (secondary N) is 2. The molecule has 5 heteroatoms. The second-order valence-corrected chi connectivity index (χ2v) is 6.97. The smallest absolute Gasteiger partial charge is 0.191 e. The van der Waals surface area contributed by atoms with Crippen LogP contribution in [0.5, 0.6) is 0 Å². The Kier molecular flexibility index (Phi) is 7.86. The molecule has 24 heavy (non-hydrogen) atoms. The summed E-state index contributed by atoms with van der Waals surface area (Å²) in [7, 11) is 0. The van der Waals surface area contributed by atoms with Gasteiger partial charge in [0, 0.05) is 36.7 Å². The molecule has 1 saturated carbocycles. The van der Waals surface area contributed by atoms with E-state index >= 15 is 0 Å². The van der Waals surface area contributed by atoms with Crippen LogP contribution in [-0.4, -0.2) is 36.8 Å². The minimum atomic E-state index is 0.240. The zero-order valence-electron chi connectivity index (χ0n) is 14.8. The molecule has 3 unspecified atom stereocenters. The molecule has 0 bridgehead atoms. The van der Waals surface area contributed by atoms with E-state index in [1.165, 1.54) is 5.56 Å². The molecule has 3 N–H and O–H groups in total. The zero-order chi connectivity index (χ0) is 17.4. The molecule has 0 saturated heterocycles. The van der Waals surface area contributed by atoms with Gasteiger partial charge in [0.25, 0.3) is 0 Å². The fourth-order valence-electron chi connectivity index (χ4n) is 3.09. The molecular weight excluding hydrogens is 322 g/mol. The number of hydrogen-bond donors (Lipinski definition) is 3. The largest absolute Gasteiger partial charge is 0.396 e. The lowest BCUT2D eigenvalue weighted by Gasteiger charge is -2.15. The Morgan fingerprint density at radius 3 is 2.88 bits per heavy atom. The normalized spacial score (nSPS) is 21.4. The second kappa shape index (κ2) is 9.90. The lowest BCUT2D eigenvalue weighted by molar-refractivity contribution is 0.253. The van der Waals surface area contributed by atoms with Crippen LogP contribution >= 0.6 is 11.6 Å². The van der Waals surface area contributed by atoms with Crippen molar-refractivity contribution in [1.82, 2.24) is 10.6 Å². The first-order valence-corrected chi connectivity index (χ1v) is 9.46. The topological polar surface area (TPSA) is 56.7 Å². The highest BCUT2D eigenvalue weighted by Gasteiger charge is 2.39. The van der Waals surface area contributed by atoms with Crippen molar-refractivity contribution >= 4 is 17.6 Å². The summed E-state index contributed by atoms with van der Waals surface area (Å²) in [5, 5.41) is 16.8. The minimum absolute atomic E-state index is 0.240. The van der Waals surface area contributed by atoms with Gasteiger partial charge in [-0.15, -0.1) is 0 Å². The number of aliphatic hydroxyl groups is 1. The average molecular weight is 352 g/mol. The first-order chi connectivity index (χ1) is 11.7. The Morgan fingerprint density at radius 2 is 2.21 bits per heavy atom. The van der Waals surface area contributed by atoms with E-state index in [1.54, 1.807) is 0 Å². The SMILES string of the molecule is CCCC(CCO)CN=C(NCC)NC1CC1c1cccc(Cl)c1. The molecule has 0 heterocycles. The maximum atomic E-state index is 9.18. The van der Waals surface area contributed by atoms with Gasteiger partial charge >= 0.3 is 0 Å². The van der Waals surface area contributed by atoms with Crippen LogP contribution in [0.2, 0.25) is 5.02 Å². The number of rotatable bonds is 9. The van der Waals surface area contributed by atoms with E-state index < -0.39 is 0 Å². The molecule has 0 spiro atoms. The molecule has 4 nitrogen and oxygen atoms in total. The third-order valence-corrected chi connectivity index (χ3v) is 4.71. The quantitative estimate of drug-likeness (QED) is 0.471. The summed E-state index contributed by atoms with van der Waals surface area (Å²) in [5.74, 6) is 1.85. The Labute approximate surface area is 150 Å². The highest BCUT2D eigenvalue weighted by molar-refractivity contribution is 6.30. The molecule has 1 aromatic rings. The van der Waals surface area contributed by atoms with E-state index in [2.05, 4.69) is 36.6 Å². The van der Waals surface area contributed by atoms with Crippen LogP contribution < -0.4 is 10.6 Å². The van der Waals surface area contributed by atoms with Crippen molar-refractivity contribution < 1.29 is 5.11 Å². The number of guanidine groups is 1. The van der Waals surface area contributed by atoms with Crippen molar-refractivity contribution in [3.63, 3.8) is 0 Å². The third-order valence-electron chi connectivity index (χ3n) is 4.48. The van der Waals surface area contributed by atoms with Gasteiger partial charge < -0.3 is 15.7 Å². The summed E-state index contributed by atoms with van der Waals surface area (Å²) in [5.41, 5.74) is 1.29. The Bertz CT molecular complexity index is 529. The van der Waals surface area contributed by atoms with Gasteiger partial charge in [0.2, 0.25) is 0 Å². The van der Waals surface area contributed by atoms with Crippen molar-refractivity contribution in [3.8, 4) is 0 Å². The lowest BCUT2D eigenvalue weighted by atomic mass is 10.0. The standard InChI is InChI=1S/C19H30ClN3O/c1-3-6-14(9-10-24)13-22-19(21-4-2)23-18-12-17(18)15-7-5-8-16(20)11-15/h5,7-8,11,14,17-18,24H,3-4,6,9-10,12-13H2,1-2H3,(H2,21,22,23). The predicted octanol–water partition coefficient (Wildman–Crippen LogP) is 3.55. The van der Waals surface area contributed by atoms with Gasteiger partial charge in [-0.25, -0.2) is 0 Å². The molecule has 3 atom stereocenters. The van der Waals surface area contributed by atoms with Crippen molar-refractivity contribution in [2.45, 2.75) is 51.5 Å². The number of halogens is 1. The number of benzene rings is 1. The fourth-order valence-corrected chi connectivity index (χ4v) is 3.29. The van der Waals surface area contributed by atoms with Crippen LogP contribution in [0.3, 0.4) is 0 Å². The third kappa shape index (κ3) is 5.99. The van der Waals surface area contributed by atoms with Gasteiger partial charge in [0.05, 0.1) is 0 Å². The molecule has 0 radical (unpaired) electrons. The highest BCUT2D eigenvalue weighted by Crippen LogP contribution is 2.41. The first kappa shape index (κ1) is 19.1. The monoisotopic (exact) mass is 351 g/mol. The maximum absolute atomic E-state index is 9.18. The zero-order valence-corrected chi connectivity index (χ0v) is 15.5. The van der Waals surface area contributed by atoms with Crippen molar-refractivity contribution in [2.75, 3.05) is 19.7 Å². The van der Waals surface area contributed by atoms with Crippen LogP contribution in [0.1, 0.15) is 51.0 Å². The van der Waals surface area contributed by atoms with E-state index in [-0.39, 0.29) is 6.61 Å². The first-order valence-electron chi connectivity index (χ1n) is 9.09. The summed E-state index contributed by atoms with van der Waals surface area (Å²) in [4.78, 5) is 4.73. The van der Waals surface area contributed by atoms with Gasteiger partial charge in [-0.05, 0) is 49.8 Å². The van der Waals surface area contributed by atoms with Crippen LogP contribution in [0.25, 0.3) is 0 Å². The molecule has 134 valence electrons. The summed E-state index contributed by atoms with van der Waals surface area (Å²) < 4.78 is 0. The number of hydrogen-bond acceptors (Lipinski definition) is 2. The molecule has 1 aliphatic rings. The van der Waals surface area contributed by atoms with Crippen molar-refractivity contribution in [3.05, 3.63) is 34.9 Å². The lowest BCUT2D eigenvalue weighted by Crippen LogP contribution is -2.39. The molecule has 1 fully saturated rings. The number of nitrogens with zero attached hydrogens (tertiary/aromatic N) is 1. The van der Waals surface area contributed by atoms with Gasteiger partial charge in [-0.1, -0.05) is 37.1 Å². The summed E-state index contributed by atoms with van der Waals surface area (Å²) in [6.45, 7) is 6.11. The molecule has 0 amide bonds. The van der Waals surface area contributed by atoms with E-state index in [9.17, 15) is 5.11 Å². The Hall–Kier alpha value is -1.26. The van der Waals surface area contributed by atoms with Gasteiger partial charge in [-0.3, -0.25) is 4.99 Å². The fraction of sp³-hybridized carbons (Fsp3) is 0.632. The van der Waals surface area contributed by atoms with Gasteiger partial charge in [0.1, 0.15) is 0 Å². The minimum Gasteiger partial charge on any atom is -0.396 e. The average Bonchev–Trinajstić information content (AvgIpc) is 3.32. The van der Waals surface area contributed by atoms with Gasteiger partial charge in [0.15, 0.2) is 5.96 Å². The highest BCUT2D eigenvalue weighted by atomic mass is 35.5. The maximum Gasteiger partial charge on any atom is 0.191 e. The van der Waals surface area contributed by atoms with Crippen molar-refractivity contribution in [2.24, 2.45) is 10.9 Å². The van der Waals surface area contributed by atoms with E-state index in [1.807, 2.05) is 12.1 Å².